The molecule has 3 heterocycles. The molecule has 180 valence electrons. The summed E-state index contributed by atoms with van der Waals surface area (Å²) < 4.78 is 40.7. The van der Waals surface area contributed by atoms with Crippen molar-refractivity contribution in [1.29, 1.82) is 0 Å². The maximum Gasteiger partial charge on any atom is 0.270 e. The van der Waals surface area contributed by atoms with Gasteiger partial charge in [-0.15, -0.1) is 0 Å². The fourth-order valence-electron chi connectivity index (χ4n) is 4.60. The number of hydrogen-bond acceptors (Lipinski definition) is 5. The molecule has 1 aromatic carbocycles. The molecule has 0 bridgehead atoms. The second-order valence-electron chi connectivity index (χ2n) is 8.77. The summed E-state index contributed by atoms with van der Waals surface area (Å²) >= 11 is 0. The Morgan fingerprint density at radius 3 is 2.64 bits per heavy atom. The maximum atomic E-state index is 13.7. The summed E-state index contributed by atoms with van der Waals surface area (Å²) in [6.07, 6.45) is 6.18. The third-order valence-corrected chi connectivity index (χ3v) is 8.30. The Labute approximate surface area is 196 Å². The molecule has 1 unspecified atom stereocenters. The Hall–Kier alpha value is -2.36. The van der Waals surface area contributed by atoms with Gasteiger partial charge in [-0.3, -0.25) is 4.79 Å². The van der Waals surface area contributed by atoms with Crippen LogP contribution in [0.4, 0.5) is 0 Å². The quantitative estimate of drug-likeness (QED) is 0.586. The first-order chi connectivity index (χ1) is 15.9. The Morgan fingerprint density at radius 1 is 1.18 bits per heavy atom. The predicted octanol–water partition coefficient (Wildman–Crippen LogP) is 3.03. The molecule has 2 aromatic rings. The molecule has 0 saturated carbocycles. The van der Waals surface area contributed by atoms with Crippen molar-refractivity contribution in [3.8, 4) is 5.75 Å². The number of aromatic nitrogens is 1. The lowest BCUT2D eigenvalue weighted by Gasteiger charge is -2.26. The fourth-order valence-corrected chi connectivity index (χ4v) is 6.19. The summed E-state index contributed by atoms with van der Waals surface area (Å²) in [6, 6.07) is 9.13. The van der Waals surface area contributed by atoms with E-state index in [1.807, 2.05) is 24.3 Å². The van der Waals surface area contributed by atoms with Gasteiger partial charge in [0.1, 0.15) is 16.3 Å². The maximum absolute atomic E-state index is 13.7. The lowest BCUT2D eigenvalue weighted by Crippen LogP contribution is -2.37. The van der Waals surface area contributed by atoms with Crippen molar-refractivity contribution >= 4 is 15.9 Å². The number of sulfonamides is 1. The molecule has 2 aliphatic rings. The van der Waals surface area contributed by atoms with Crippen molar-refractivity contribution in [2.75, 3.05) is 33.4 Å². The molecule has 4 rings (SSSR count). The van der Waals surface area contributed by atoms with Crippen molar-refractivity contribution in [3.63, 3.8) is 0 Å². The highest BCUT2D eigenvalue weighted by Gasteiger charge is 2.31. The first kappa shape index (κ1) is 23.8. The molecule has 33 heavy (non-hydrogen) atoms. The number of rotatable bonds is 8. The van der Waals surface area contributed by atoms with Gasteiger partial charge < -0.3 is 18.9 Å². The number of carbonyl (C=O) groups is 1. The van der Waals surface area contributed by atoms with Gasteiger partial charge in [-0.1, -0.05) is 24.6 Å². The van der Waals surface area contributed by atoms with E-state index in [1.54, 1.807) is 29.8 Å². The summed E-state index contributed by atoms with van der Waals surface area (Å²) in [5.41, 5.74) is 1.24. The van der Waals surface area contributed by atoms with Gasteiger partial charge in [0, 0.05) is 51.6 Å². The second-order valence-corrected chi connectivity index (χ2v) is 10.7. The molecule has 8 nitrogen and oxygen atoms in total. The van der Waals surface area contributed by atoms with Gasteiger partial charge in [0.15, 0.2) is 0 Å². The highest BCUT2D eigenvalue weighted by Crippen LogP contribution is 2.25. The van der Waals surface area contributed by atoms with E-state index in [0.717, 1.165) is 37.7 Å². The summed E-state index contributed by atoms with van der Waals surface area (Å²) in [6.45, 7) is 2.54. The van der Waals surface area contributed by atoms with Crippen LogP contribution in [0.1, 0.15) is 48.2 Å². The van der Waals surface area contributed by atoms with Crippen LogP contribution in [-0.4, -0.2) is 67.6 Å². The number of para-hydroxylation sites is 1. The van der Waals surface area contributed by atoms with Crippen LogP contribution >= 0.6 is 0 Å². The third kappa shape index (κ3) is 5.26. The van der Waals surface area contributed by atoms with Crippen LogP contribution in [0, 0.1) is 0 Å². The molecule has 0 aliphatic carbocycles. The Bertz CT molecular complexity index is 1070. The van der Waals surface area contributed by atoms with Gasteiger partial charge in [-0.05, 0) is 37.8 Å². The van der Waals surface area contributed by atoms with Gasteiger partial charge in [0.2, 0.25) is 10.0 Å². The monoisotopic (exact) mass is 475 g/mol. The lowest BCUT2D eigenvalue weighted by molar-refractivity contribution is 0.0498. The van der Waals surface area contributed by atoms with Crippen molar-refractivity contribution in [2.45, 2.75) is 49.6 Å². The smallest absolute Gasteiger partial charge is 0.270 e. The SMILES string of the molecule is COc1ccccc1CN(CC1CCCO1)C(=O)c1cc(S(=O)(=O)N2CCCCC2)cn1C. The highest BCUT2D eigenvalue weighted by atomic mass is 32.2. The molecule has 1 atom stereocenters. The molecule has 1 amide bonds. The normalized spacial score (nSPS) is 19.5. The lowest BCUT2D eigenvalue weighted by atomic mass is 10.1. The number of amides is 1. The molecule has 2 saturated heterocycles. The van der Waals surface area contributed by atoms with Gasteiger partial charge in [-0.2, -0.15) is 4.31 Å². The molecule has 9 heteroatoms. The topological polar surface area (TPSA) is 81.1 Å². The van der Waals surface area contributed by atoms with E-state index in [-0.39, 0.29) is 16.9 Å². The van der Waals surface area contributed by atoms with E-state index in [2.05, 4.69) is 0 Å². The molecule has 2 aliphatic heterocycles. The average molecular weight is 476 g/mol. The van der Waals surface area contributed by atoms with E-state index >= 15 is 0 Å². The molecule has 0 radical (unpaired) electrons. The van der Waals surface area contributed by atoms with Crippen molar-refractivity contribution in [3.05, 3.63) is 47.8 Å². The minimum atomic E-state index is -3.62. The van der Waals surface area contributed by atoms with Crippen LogP contribution in [0.25, 0.3) is 0 Å². The van der Waals surface area contributed by atoms with Crippen molar-refractivity contribution < 1.29 is 22.7 Å². The predicted molar refractivity (Wildman–Crippen MR) is 125 cm³/mol. The van der Waals surface area contributed by atoms with E-state index < -0.39 is 10.0 Å². The van der Waals surface area contributed by atoms with Crippen LogP contribution < -0.4 is 4.74 Å². The van der Waals surface area contributed by atoms with Gasteiger partial charge >= 0.3 is 0 Å². The Morgan fingerprint density at radius 2 is 1.94 bits per heavy atom. The number of carbonyl (C=O) groups excluding carboxylic acids is 1. The van der Waals surface area contributed by atoms with Gasteiger partial charge in [0.25, 0.3) is 5.91 Å². The minimum absolute atomic E-state index is 0.0273. The fraction of sp³-hybridized carbons (Fsp3) is 0.542. The number of benzene rings is 1. The highest BCUT2D eigenvalue weighted by molar-refractivity contribution is 7.89. The first-order valence-corrected chi connectivity index (χ1v) is 13.0. The molecular weight excluding hydrogens is 442 g/mol. The molecule has 0 N–H and O–H groups in total. The Kier molecular flexibility index (Phi) is 7.41. The van der Waals surface area contributed by atoms with E-state index in [0.29, 0.717) is 44.2 Å². The number of hydrogen-bond donors (Lipinski definition) is 0. The standard InChI is InChI=1S/C24H33N3O5S/c1-25-18-21(33(29,30)27-12-6-3-7-13-27)15-22(25)24(28)26(17-20-10-8-14-32-20)16-19-9-4-5-11-23(19)31-2/h4-5,9,11,15,18,20H,3,6-8,10,12-14,16-17H2,1-2H3. The minimum Gasteiger partial charge on any atom is -0.496 e. The van der Waals surface area contributed by atoms with E-state index in [4.69, 9.17) is 9.47 Å². The van der Waals surface area contributed by atoms with Crippen molar-refractivity contribution in [1.82, 2.24) is 13.8 Å². The van der Waals surface area contributed by atoms with Crippen LogP contribution in [0.5, 0.6) is 5.75 Å². The van der Waals surface area contributed by atoms with Gasteiger partial charge in [-0.25, -0.2) is 8.42 Å². The van der Waals surface area contributed by atoms with Crippen LogP contribution in [0.2, 0.25) is 0 Å². The van der Waals surface area contributed by atoms with Gasteiger partial charge in [0.05, 0.1) is 13.2 Å². The molecule has 0 spiro atoms. The third-order valence-electron chi connectivity index (χ3n) is 6.44. The summed E-state index contributed by atoms with van der Waals surface area (Å²) in [4.78, 5) is 15.6. The van der Waals surface area contributed by atoms with Crippen LogP contribution in [-0.2, 0) is 28.4 Å². The summed E-state index contributed by atoms with van der Waals surface area (Å²) in [7, 11) is -0.289. The van der Waals surface area contributed by atoms with Crippen LogP contribution in [0.15, 0.2) is 41.4 Å². The Balaban J connectivity index is 1.61. The number of nitrogens with zero attached hydrogens (tertiary/aromatic N) is 3. The molecule has 2 fully saturated rings. The summed E-state index contributed by atoms with van der Waals surface area (Å²) in [5, 5.41) is 0. The number of aryl methyl sites for hydroxylation is 1. The zero-order valence-corrected chi connectivity index (χ0v) is 20.2. The van der Waals surface area contributed by atoms with E-state index in [1.165, 1.54) is 10.4 Å². The summed E-state index contributed by atoms with van der Waals surface area (Å²) in [5.74, 6) is 0.488. The number of piperidine rings is 1. The number of methoxy groups -OCH3 is 1. The van der Waals surface area contributed by atoms with Crippen LogP contribution in [0.3, 0.4) is 0 Å². The van der Waals surface area contributed by atoms with E-state index in [9.17, 15) is 13.2 Å². The van der Waals surface area contributed by atoms with Crippen molar-refractivity contribution in [2.24, 2.45) is 7.05 Å². The zero-order chi connectivity index (χ0) is 23.4. The molecular formula is C24H33N3O5S. The second kappa shape index (κ2) is 10.3. The largest absolute Gasteiger partial charge is 0.496 e. The first-order valence-electron chi connectivity index (χ1n) is 11.6. The number of ether oxygens (including phenoxy) is 2. The average Bonchev–Trinajstić information content (AvgIpc) is 3.49. The zero-order valence-electron chi connectivity index (χ0n) is 19.4. The molecule has 1 aromatic heterocycles.